The number of nitrogens with zero attached hydrogens (tertiary/aromatic N) is 1. The van der Waals surface area contributed by atoms with Gasteiger partial charge in [0, 0.05) is 13.7 Å². The molecule has 12 heavy (non-hydrogen) atoms. The molecule has 0 amide bonds. The summed E-state index contributed by atoms with van der Waals surface area (Å²) in [6.45, 7) is 5.67. The summed E-state index contributed by atoms with van der Waals surface area (Å²) in [6, 6.07) is 2.22. The lowest BCUT2D eigenvalue weighted by Crippen LogP contribution is -2.13. The summed E-state index contributed by atoms with van der Waals surface area (Å²) in [7, 11) is 1.64. The van der Waals surface area contributed by atoms with Crippen LogP contribution < -0.4 is 0 Å². The first-order valence-electron chi connectivity index (χ1n) is 4.10. The second kappa shape index (κ2) is 5.99. The van der Waals surface area contributed by atoms with Crippen LogP contribution in [0.25, 0.3) is 0 Å². The lowest BCUT2D eigenvalue weighted by molar-refractivity contribution is 0.0612. The molecule has 0 aliphatic rings. The molecule has 0 aromatic heterocycles. The summed E-state index contributed by atoms with van der Waals surface area (Å²) in [5, 5.41) is 8.67. The van der Waals surface area contributed by atoms with E-state index in [9.17, 15) is 0 Å². The molecular weight excluding hydrogens is 154 g/mol. The van der Waals surface area contributed by atoms with Crippen LogP contribution in [0.2, 0.25) is 0 Å². The van der Waals surface area contributed by atoms with Gasteiger partial charge in [-0.05, 0) is 20.3 Å². The Bertz CT molecular complexity index is 149. The molecule has 0 N–H and O–H groups in total. The molecule has 0 fully saturated rings. The van der Waals surface area contributed by atoms with E-state index >= 15 is 0 Å². The van der Waals surface area contributed by atoms with Gasteiger partial charge in [0.15, 0.2) is 0 Å². The van der Waals surface area contributed by atoms with Crippen molar-refractivity contribution in [2.24, 2.45) is 5.41 Å². The topological polar surface area (TPSA) is 42.2 Å². The van der Waals surface area contributed by atoms with Gasteiger partial charge in [-0.25, -0.2) is 0 Å². The summed E-state index contributed by atoms with van der Waals surface area (Å²) in [5.74, 6) is 0. The van der Waals surface area contributed by atoms with Crippen molar-refractivity contribution < 1.29 is 9.47 Å². The van der Waals surface area contributed by atoms with Gasteiger partial charge in [0.05, 0.1) is 24.7 Å². The zero-order valence-corrected chi connectivity index (χ0v) is 8.09. The van der Waals surface area contributed by atoms with Crippen molar-refractivity contribution in [1.82, 2.24) is 0 Å². The van der Waals surface area contributed by atoms with Gasteiger partial charge in [-0.2, -0.15) is 5.26 Å². The molecule has 0 rings (SSSR count). The van der Waals surface area contributed by atoms with E-state index in [0.29, 0.717) is 19.8 Å². The van der Waals surface area contributed by atoms with Gasteiger partial charge >= 0.3 is 0 Å². The Labute approximate surface area is 74.3 Å². The monoisotopic (exact) mass is 171 g/mol. The summed E-state index contributed by atoms with van der Waals surface area (Å²) in [5.41, 5.74) is -0.271. The first-order valence-corrected chi connectivity index (χ1v) is 4.10. The number of rotatable bonds is 6. The Hall–Kier alpha value is -0.590. The fraction of sp³-hybridized carbons (Fsp3) is 0.889. The SMILES string of the molecule is COCCOCCC(C)(C)C#N. The number of methoxy groups -OCH3 is 1. The molecule has 0 spiro atoms. The van der Waals surface area contributed by atoms with Gasteiger partial charge in [-0.3, -0.25) is 0 Å². The smallest absolute Gasteiger partial charge is 0.0700 e. The van der Waals surface area contributed by atoms with Crippen LogP contribution in [0.5, 0.6) is 0 Å². The summed E-state index contributed by atoms with van der Waals surface area (Å²) < 4.78 is 10.0. The molecule has 0 radical (unpaired) electrons. The molecule has 70 valence electrons. The predicted molar refractivity (Wildman–Crippen MR) is 46.7 cm³/mol. The molecular formula is C9H17NO2. The van der Waals surface area contributed by atoms with Crippen LogP contribution in [-0.4, -0.2) is 26.9 Å². The minimum atomic E-state index is -0.271. The van der Waals surface area contributed by atoms with Gasteiger partial charge in [0.2, 0.25) is 0 Å². The quantitative estimate of drug-likeness (QED) is 0.570. The fourth-order valence-corrected chi connectivity index (χ4v) is 0.628. The third-order valence-electron chi connectivity index (χ3n) is 1.61. The molecule has 3 heteroatoms. The van der Waals surface area contributed by atoms with Crippen molar-refractivity contribution in [3.05, 3.63) is 0 Å². The number of nitriles is 1. The zero-order valence-electron chi connectivity index (χ0n) is 8.09. The minimum Gasteiger partial charge on any atom is -0.382 e. The van der Waals surface area contributed by atoms with Crippen LogP contribution in [-0.2, 0) is 9.47 Å². The minimum absolute atomic E-state index is 0.271. The van der Waals surface area contributed by atoms with Crippen LogP contribution in [0.3, 0.4) is 0 Å². The first-order chi connectivity index (χ1) is 5.62. The van der Waals surface area contributed by atoms with E-state index < -0.39 is 0 Å². The van der Waals surface area contributed by atoms with Crippen LogP contribution in [0, 0.1) is 16.7 Å². The third kappa shape index (κ3) is 6.14. The van der Waals surface area contributed by atoms with Crippen LogP contribution >= 0.6 is 0 Å². The Balaban J connectivity index is 3.27. The van der Waals surface area contributed by atoms with Gasteiger partial charge in [-0.15, -0.1) is 0 Å². The normalized spacial score (nSPS) is 11.2. The molecule has 0 aliphatic heterocycles. The largest absolute Gasteiger partial charge is 0.382 e. The standard InChI is InChI=1S/C9H17NO2/c1-9(2,8-10)4-5-12-7-6-11-3/h4-7H2,1-3H3. The van der Waals surface area contributed by atoms with Gasteiger partial charge in [0.25, 0.3) is 0 Å². The maximum Gasteiger partial charge on any atom is 0.0700 e. The van der Waals surface area contributed by atoms with Crippen LogP contribution in [0.4, 0.5) is 0 Å². The third-order valence-corrected chi connectivity index (χ3v) is 1.61. The summed E-state index contributed by atoms with van der Waals surface area (Å²) in [4.78, 5) is 0. The van der Waals surface area contributed by atoms with Crippen LogP contribution in [0.15, 0.2) is 0 Å². The molecule has 0 aromatic carbocycles. The Morgan fingerprint density at radius 2 is 1.92 bits per heavy atom. The average molecular weight is 171 g/mol. The maximum atomic E-state index is 8.67. The Morgan fingerprint density at radius 3 is 2.42 bits per heavy atom. The first kappa shape index (κ1) is 11.4. The highest BCUT2D eigenvalue weighted by atomic mass is 16.5. The second-order valence-electron chi connectivity index (χ2n) is 3.35. The van der Waals surface area contributed by atoms with E-state index in [0.717, 1.165) is 6.42 Å². The lowest BCUT2D eigenvalue weighted by Gasteiger charge is -2.14. The van der Waals surface area contributed by atoms with E-state index in [1.54, 1.807) is 7.11 Å². The second-order valence-corrected chi connectivity index (χ2v) is 3.35. The maximum absolute atomic E-state index is 8.67. The highest BCUT2D eigenvalue weighted by Gasteiger charge is 2.15. The summed E-state index contributed by atoms with van der Waals surface area (Å²) in [6.07, 6.45) is 0.771. The molecule has 0 bridgehead atoms. The van der Waals surface area contributed by atoms with E-state index in [2.05, 4.69) is 6.07 Å². The highest BCUT2D eigenvalue weighted by Crippen LogP contribution is 2.17. The number of hydrogen-bond donors (Lipinski definition) is 0. The van der Waals surface area contributed by atoms with Crippen molar-refractivity contribution in [2.45, 2.75) is 20.3 Å². The summed E-state index contributed by atoms with van der Waals surface area (Å²) >= 11 is 0. The van der Waals surface area contributed by atoms with Gasteiger partial charge < -0.3 is 9.47 Å². The van der Waals surface area contributed by atoms with Crippen molar-refractivity contribution in [3.8, 4) is 6.07 Å². The van der Waals surface area contributed by atoms with Crippen molar-refractivity contribution >= 4 is 0 Å². The van der Waals surface area contributed by atoms with E-state index in [-0.39, 0.29) is 5.41 Å². The van der Waals surface area contributed by atoms with Gasteiger partial charge in [0.1, 0.15) is 0 Å². The Morgan fingerprint density at radius 1 is 1.25 bits per heavy atom. The molecule has 0 unspecified atom stereocenters. The van der Waals surface area contributed by atoms with Crippen molar-refractivity contribution in [1.29, 1.82) is 5.26 Å². The highest BCUT2D eigenvalue weighted by molar-refractivity contribution is 4.91. The molecule has 0 heterocycles. The molecule has 0 atom stereocenters. The number of ether oxygens (including phenoxy) is 2. The molecule has 3 nitrogen and oxygen atoms in total. The predicted octanol–water partition coefficient (Wildman–Crippen LogP) is 1.59. The van der Waals surface area contributed by atoms with Gasteiger partial charge in [-0.1, -0.05) is 0 Å². The van der Waals surface area contributed by atoms with E-state index in [1.165, 1.54) is 0 Å². The van der Waals surface area contributed by atoms with Crippen molar-refractivity contribution in [3.63, 3.8) is 0 Å². The molecule has 0 saturated heterocycles. The molecule has 0 saturated carbocycles. The zero-order chi connectivity index (χ0) is 9.45. The molecule has 0 aliphatic carbocycles. The lowest BCUT2D eigenvalue weighted by atomic mass is 9.92. The fourth-order valence-electron chi connectivity index (χ4n) is 0.628. The van der Waals surface area contributed by atoms with Crippen LogP contribution in [0.1, 0.15) is 20.3 Å². The van der Waals surface area contributed by atoms with E-state index in [1.807, 2.05) is 13.8 Å². The van der Waals surface area contributed by atoms with Crippen molar-refractivity contribution in [2.75, 3.05) is 26.9 Å². The number of hydrogen-bond acceptors (Lipinski definition) is 3. The Kier molecular flexibility index (Phi) is 5.69. The molecule has 0 aromatic rings. The van der Waals surface area contributed by atoms with E-state index in [4.69, 9.17) is 14.7 Å². The average Bonchev–Trinajstić information content (AvgIpc) is 2.04.